The summed E-state index contributed by atoms with van der Waals surface area (Å²) in [6, 6.07) is 9.78. The molecule has 0 amide bonds. The first kappa shape index (κ1) is 12.5. The Bertz CT molecular complexity index is 710. The van der Waals surface area contributed by atoms with Gasteiger partial charge in [-0.05, 0) is 48.3 Å². The first-order valence-corrected chi connectivity index (χ1v) is 7.58. The van der Waals surface area contributed by atoms with Gasteiger partial charge in [-0.2, -0.15) is 0 Å². The van der Waals surface area contributed by atoms with E-state index >= 15 is 0 Å². The van der Waals surface area contributed by atoms with E-state index in [1.807, 2.05) is 12.1 Å². The van der Waals surface area contributed by atoms with E-state index in [1.165, 1.54) is 12.8 Å². The van der Waals surface area contributed by atoms with Crippen molar-refractivity contribution in [2.24, 2.45) is 17.8 Å². The Morgan fingerprint density at radius 1 is 1.10 bits per heavy atom. The molecule has 1 heterocycles. The molecule has 0 radical (unpaired) electrons. The molecule has 0 aliphatic heterocycles. The van der Waals surface area contributed by atoms with E-state index in [-0.39, 0.29) is 5.56 Å². The lowest BCUT2D eigenvalue weighted by Crippen LogP contribution is -2.18. The van der Waals surface area contributed by atoms with Crippen molar-refractivity contribution in [1.29, 1.82) is 0 Å². The Morgan fingerprint density at radius 2 is 1.95 bits per heavy atom. The molecule has 1 aromatic carbocycles. The fraction of sp³-hybridized carbons (Fsp3) is 0.353. The molecule has 2 aliphatic rings. The average Bonchev–Trinajstić information content (AvgIpc) is 3.22. The molecule has 1 fully saturated rings. The molecule has 2 bridgehead atoms. The molecule has 3 unspecified atom stereocenters. The van der Waals surface area contributed by atoms with Crippen molar-refractivity contribution in [3.63, 3.8) is 0 Å². The number of fused-ring (bicyclic) bond motifs is 2. The Hall–Kier alpha value is -2.23. The molecular weight excluding hydrogens is 262 g/mol. The van der Waals surface area contributed by atoms with Crippen LogP contribution in [0.5, 0.6) is 0 Å². The molecule has 0 saturated heterocycles. The summed E-state index contributed by atoms with van der Waals surface area (Å²) >= 11 is 0. The highest BCUT2D eigenvalue weighted by Gasteiger charge is 2.35. The van der Waals surface area contributed by atoms with Crippen LogP contribution in [0.4, 0.5) is 5.69 Å². The molecule has 108 valence electrons. The first-order valence-electron chi connectivity index (χ1n) is 7.58. The molecule has 2 aromatic rings. The van der Waals surface area contributed by atoms with Crippen molar-refractivity contribution < 1.29 is 0 Å². The highest BCUT2D eigenvalue weighted by atomic mass is 16.1. The van der Waals surface area contributed by atoms with Crippen molar-refractivity contribution in [3.05, 3.63) is 52.8 Å². The Morgan fingerprint density at radius 3 is 2.57 bits per heavy atom. The smallest absolute Gasteiger partial charge is 0.264 e. The third-order valence-corrected chi connectivity index (χ3v) is 4.78. The fourth-order valence-electron chi connectivity index (χ4n) is 3.63. The number of H-pyrrole nitrogens is 2. The van der Waals surface area contributed by atoms with Crippen molar-refractivity contribution in [3.8, 4) is 11.3 Å². The summed E-state index contributed by atoms with van der Waals surface area (Å²) in [6.45, 7) is 1.05. The number of allylic oxidation sites excluding steroid dienone is 2. The number of anilines is 1. The average molecular weight is 281 g/mol. The van der Waals surface area contributed by atoms with Gasteiger partial charge in [-0.1, -0.05) is 24.3 Å². The topological polar surface area (TPSA) is 60.7 Å². The number of hydrogen-bond acceptors (Lipinski definition) is 2. The zero-order valence-electron chi connectivity index (χ0n) is 11.8. The largest absolute Gasteiger partial charge is 0.385 e. The van der Waals surface area contributed by atoms with E-state index in [1.54, 1.807) is 6.07 Å². The monoisotopic (exact) mass is 281 g/mol. The van der Waals surface area contributed by atoms with Gasteiger partial charge in [0.25, 0.3) is 5.56 Å². The molecule has 4 nitrogen and oxygen atoms in total. The van der Waals surface area contributed by atoms with Crippen LogP contribution in [0.3, 0.4) is 0 Å². The number of rotatable bonds is 4. The lowest BCUT2D eigenvalue weighted by atomic mass is 9.93. The summed E-state index contributed by atoms with van der Waals surface area (Å²) < 4.78 is 0. The summed E-state index contributed by atoms with van der Waals surface area (Å²) in [5, 5.41) is 8.97. The van der Waals surface area contributed by atoms with Crippen LogP contribution in [-0.4, -0.2) is 16.7 Å². The molecule has 3 atom stereocenters. The van der Waals surface area contributed by atoms with Gasteiger partial charge in [-0.15, -0.1) is 0 Å². The summed E-state index contributed by atoms with van der Waals surface area (Å²) in [7, 11) is 0. The number of aromatic nitrogens is 2. The number of aromatic amines is 2. The SMILES string of the molecule is O=c1cc(-c2ccc(NCC3CC4C=CC3C4)cc2)[nH][nH]1. The van der Waals surface area contributed by atoms with Crippen LogP contribution in [0.25, 0.3) is 11.3 Å². The summed E-state index contributed by atoms with van der Waals surface area (Å²) in [5.41, 5.74) is 2.88. The molecular formula is C17H19N3O. The van der Waals surface area contributed by atoms with E-state index in [4.69, 9.17) is 0 Å². The van der Waals surface area contributed by atoms with Gasteiger partial charge >= 0.3 is 0 Å². The van der Waals surface area contributed by atoms with E-state index in [2.05, 4.69) is 39.8 Å². The molecule has 1 saturated carbocycles. The Balaban J connectivity index is 1.40. The van der Waals surface area contributed by atoms with E-state index in [9.17, 15) is 4.79 Å². The predicted octanol–water partition coefficient (Wildman–Crippen LogP) is 2.99. The maximum atomic E-state index is 11.1. The van der Waals surface area contributed by atoms with Gasteiger partial charge in [0.1, 0.15) is 0 Å². The second-order valence-corrected chi connectivity index (χ2v) is 6.17. The molecule has 1 aromatic heterocycles. The van der Waals surface area contributed by atoms with Crippen LogP contribution < -0.4 is 10.9 Å². The maximum absolute atomic E-state index is 11.1. The molecule has 4 rings (SSSR count). The van der Waals surface area contributed by atoms with E-state index < -0.39 is 0 Å². The van der Waals surface area contributed by atoms with Crippen molar-refractivity contribution in [2.45, 2.75) is 12.8 Å². The minimum absolute atomic E-state index is 0.100. The fourth-order valence-corrected chi connectivity index (χ4v) is 3.63. The normalized spacial score (nSPS) is 26.4. The maximum Gasteiger partial charge on any atom is 0.264 e. The minimum Gasteiger partial charge on any atom is -0.385 e. The quantitative estimate of drug-likeness (QED) is 0.754. The predicted molar refractivity (Wildman–Crippen MR) is 84.2 cm³/mol. The lowest BCUT2D eigenvalue weighted by molar-refractivity contribution is 0.472. The summed E-state index contributed by atoms with van der Waals surface area (Å²) in [5.74, 6) is 2.39. The zero-order chi connectivity index (χ0) is 14.2. The van der Waals surface area contributed by atoms with Gasteiger partial charge in [0.05, 0.1) is 5.69 Å². The Labute approximate surface area is 123 Å². The van der Waals surface area contributed by atoms with Crippen LogP contribution in [0.1, 0.15) is 12.8 Å². The van der Waals surface area contributed by atoms with Gasteiger partial charge in [-0.25, -0.2) is 0 Å². The minimum atomic E-state index is -0.100. The lowest BCUT2D eigenvalue weighted by Gasteiger charge is -2.19. The Kier molecular flexibility index (Phi) is 2.95. The third kappa shape index (κ3) is 2.42. The highest BCUT2D eigenvalue weighted by molar-refractivity contribution is 5.62. The summed E-state index contributed by atoms with van der Waals surface area (Å²) in [4.78, 5) is 11.1. The van der Waals surface area contributed by atoms with Crippen molar-refractivity contribution in [1.82, 2.24) is 10.2 Å². The van der Waals surface area contributed by atoms with E-state index in [0.29, 0.717) is 0 Å². The van der Waals surface area contributed by atoms with Crippen LogP contribution >= 0.6 is 0 Å². The van der Waals surface area contributed by atoms with E-state index in [0.717, 1.165) is 41.2 Å². The number of nitrogens with one attached hydrogen (secondary N) is 3. The van der Waals surface area contributed by atoms with Crippen LogP contribution in [-0.2, 0) is 0 Å². The van der Waals surface area contributed by atoms with Crippen LogP contribution in [0.2, 0.25) is 0 Å². The molecule has 0 spiro atoms. The highest BCUT2D eigenvalue weighted by Crippen LogP contribution is 2.43. The van der Waals surface area contributed by atoms with Gasteiger partial charge in [0.15, 0.2) is 0 Å². The van der Waals surface area contributed by atoms with Crippen molar-refractivity contribution in [2.75, 3.05) is 11.9 Å². The molecule has 4 heteroatoms. The number of benzene rings is 1. The van der Waals surface area contributed by atoms with Gasteiger partial charge in [-0.3, -0.25) is 15.0 Å². The van der Waals surface area contributed by atoms with Gasteiger partial charge in [0, 0.05) is 18.3 Å². The van der Waals surface area contributed by atoms with Gasteiger partial charge < -0.3 is 5.32 Å². The standard InChI is InChI=1S/C17H19N3O/c21-17-9-16(19-20-17)12-3-5-15(6-4-12)18-10-14-8-11-1-2-13(14)7-11/h1-6,9,11,13-14,18H,7-8,10H2,(H2,19,20,21). The summed E-state index contributed by atoms with van der Waals surface area (Å²) in [6.07, 6.45) is 7.46. The third-order valence-electron chi connectivity index (χ3n) is 4.78. The number of hydrogen-bond donors (Lipinski definition) is 3. The molecule has 3 N–H and O–H groups in total. The van der Waals surface area contributed by atoms with Crippen LogP contribution in [0.15, 0.2) is 47.3 Å². The van der Waals surface area contributed by atoms with Crippen LogP contribution in [0, 0.1) is 17.8 Å². The van der Waals surface area contributed by atoms with Gasteiger partial charge in [0.2, 0.25) is 0 Å². The van der Waals surface area contributed by atoms with Crippen molar-refractivity contribution >= 4 is 5.69 Å². The second-order valence-electron chi connectivity index (χ2n) is 6.17. The molecule has 2 aliphatic carbocycles. The first-order chi connectivity index (χ1) is 10.3. The zero-order valence-corrected chi connectivity index (χ0v) is 11.8. The molecule has 21 heavy (non-hydrogen) atoms. The second kappa shape index (κ2) is 4.95.